The van der Waals surface area contributed by atoms with Gasteiger partial charge < -0.3 is 15.1 Å². The lowest BCUT2D eigenvalue weighted by Gasteiger charge is -2.44. The van der Waals surface area contributed by atoms with Crippen molar-refractivity contribution in [3.05, 3.63) is 69.7 Å². The van der Waals surface area contributed by atoms with Crippen LogP contribution in [0.4, 0.5) is 0 Å². The summed E-state index contributed by atoms with van der Waals surface area (Å²) in [4.78, 5) is 32.2. The van der Waals surface area contributed by atoms with Crippen LogP contribution in [0.15, 0.2) is 48.5 Å². The van der Waals surface area contributed by atoms with Crippen LogP contribution in [-0.2, 0) is 4.79 Å². The van der Waals surface area contributed by atoms with Gasteiger partial charge >= 0.3 is 0 Å². The van der Waals surface area contributed by atoms with Crippen molar-refractivity contribution in [2.24, 2.45) is 0 Å². The Balaban J connectivity index is 1.32. The van der Waals surface area contributed by atoms with E-state index in [9.17, 15) is 9.59 Å². The summed E-state index contributed by atoms with van der Waals surface area (Å²) in [5.74, 6) is 0.555. The molecular formula is C31H42Cl2N4O2. The fourth-order valence-electron chi connectivity index (χ4n) is 6.01. The van der Waals surface area contributed by atoms with Crippen molar-refractivity contribution < 1.29 is 9.59 Å². The number of nitrogens with zero attached hydrogens (tertiary/aromatic N) is 3. The Hall–Kier alpha value is -1.96. The number of ketones is 1. The number of benzene rings is 2. The third kappa shape index (κ3) is 8.27. The van der Waals surface area contributed by atoms with E-state index in [0.717, 1.165) is 69.4 Å². The Bertz CT molecular complexity index is 1090. The molecule has 2 aromatic carbocycles. The number of carbonyl (C=O) groups is 2. The second kappa shape index (κ2) is 14.6. The standard InChI is InChI=1S/C31H42Cl2N4O2/c1-35(2)31(39)29-10-6-7-16-37(29)26-14-18-36(19-15-26)17-13-25(24-11-12-27(32)28(33)20-24)21-34-22-30(38)23-8-4-3-5-9-23/h3-5,8-9,11-12,20,25-26,29,34H,6-7,10,13-19,21-22H2,1-2H3. The minimum absolute atomic E-state index is 0.0361. The number of hydrogen-bond acceptors (Lipinski definition) is 5. The second-order valence-corrected chi connectivity index (χ2v) is 11.9. The largest absolute Gasteiger partial charge is 0.347 e. The van der Waals surface area contributed by atoms with E-state index in [1.54, 1.807) is 4.90 Å². The molecule has 2 atom stereocenters. The van der Waals surface area contributed by atoms with Gasteiger partial charge in [-0.05, 0) is 81.9 Å². The fraction of sp³-hybridized carbons (Fsp3) is 0.548. The number of halogens is 2. The van der Waals surface area contributed by atoms with Gasteiger partial charge in [0.25, 0.3) is 0 Å². The van der Waals surface area contributed by atoms with E-state index in [4.69, 9.17) is 23.2 Å². The zero-order valence-corrected chi connectivity index (χ0v) is 24.8. The number of nitrogens with one attached hydrogen (secondary N) is 1. The average molecular weight is 574 g/mol. The van der Waals surface area contributed by atoms with Crippen LogP contribution in [0.5, 0.6) is 0 Å². The maximum atomic E-state index is 12.8. The van der Waals surface area contributed by atoms with Crippen molar-refractivity contribution in [2.45, 2.75) is 56.5 Å². The Morgan fingerprint density at radius 1 is 0.974 bits per heavy atom. The van der Waals surface area contributed by atoms with Gasteiger partial charge in [-0.1, -0.05) is 66.0 Å². The number of hydrogen-bond donors (Lipinski definition) is 1. The molecule has 2 aliphatic heterocycles. The van der Waals surface area contributed by atoms with Gasteiger partial charge in [0.05, 0.1) is 22.6 Å². The topological polar surface area (TPSA) is 55.9 Å². The maximum absolute atomic E-state index is 12.8. The van der Waals surface area contributed by atoms with Crippen molar-refractivity contribution in [3.8, 4) is 0 Å². The number of carbonyl (C=O) groups excluding carboxylic acids is 2. The van der Waals surface area contributed by atoms with Crippen LogP contribution < -0.4 is 5.32 Å². The first kappa shape index (κ1) is 30.0. The third-order valence-corrected chi connectivity index (χ3v) is 9.02. The van der Waals surface area contributed by atoms with Crippen molar-refractivity contribution >= 4 is 34.9 Å². The van der Waals surface area contributed by atoms with E-state index in [2.05, 4.69) is 15.1 Å². The quantitative estimate of drug-likeness (QED) is 0.368. The van der Waals surface area contributed by atoms with Crippen LogP contribution in [-0.4, -0.2) is 91.8 Å². The van der Waals surface area contributed by atoms with E-state index >= 15 is 0 Å². The molecule has 8 heteroatoms. The van der Waals surface area contributed by atoms with Gasteiger partial charge in [-0.3, -0.25) is 14.5 Å². The Morgan fingerprint density at radius 3 is 2.41 bits per heavy atom. The zero-order chi connectivity index (χ0) is 27.8. The molecule has 6 nitrogen and oxygen atoms in total. The smallest absolute Gasteiger partial charge is 0.239 e. The second-order valence-electron chi connectivity index (χ2n) is 11.1. The van der Waals surface area contributed by atoms with Crippen LogP contribution >= 0.6 is 23.2 Å². The minimum atomic E-state index is 0.0361. The fourth-order valence-corrected chi connectivity index (χ4v) is 6.31. The summed E-state index contributed by atoms with van der Waals surface area (Å²) in [5, 5.41) is 4.50. The predicted octanol–water partition coefficient (Wildman–Crippen LogP) is 5.35. The zero-order valence-electron chi connectivity index (χ0n) is 23.3. The maximum Gasteiger partial charge on any atom is 0.239 e. The van der Waals surface area contributed by atoms with Crippen LogP contribution in [0.3, 0.4) is 0 Å². The molecule has 0 radical (unpaired) electrons. The van der Waals surface area contributed by atoms with Crippen molar-refractivity contribution in [3.63, 3.8) is 0 Å². The SMILES string of the molecule is CN(C)C(=O)C1CCCCN1C1CCN(CCC(CNCC(=O)c2ccccc2)c2ccc(Cl)c(Cl)c2)CC1. The van der Waals surface area contributed by atoms with Crippen LogP contribution in [0.1, 0.15) is 60.4 Å². The van der Waals surface area contributed by atoms with Crippen molar-refractivity contribution in [2.75, 3.05) is 53.4 Å². The highest BCUT2D eigenvalue weighted by atomic mass is 35.5. The molecule has 1 amide bonds. The molecule has 2 heterocycles. The number of amides is 1. The minimum Gasteiger partial charge on any atom is -0.347 e. The first-order valence-corrected chi connectivity index (χ1v) is 15.0. The van der Waals surface area contributed by atoms with Gasteiger partial charge in [0.1, 0.15) is 0 Å². The first-order chi connectivity index (χ1) is 18.8. The lowest BCUT2D eigenvalue weighted by Crippen LogP contribution is -2.55. The lowest BCUT2D eigenvalue weighted by atomic mass is 9.93. The monoisotopic (exact) mass is 572 g/mol. The molecule has 212 valence electrons. The molecule has 0 bridgehead atoms. The van der Waals surface area contributed by atoms with Gasteiger partial charge in [-0.2, -0.15) is 0 Å². The molecule has 0 saturated carbocycles. The van der Waals surface area contributed by atoms with Crippen LogP contribution in [0.25, 0.3) is 0 Å². The normalized spacial score (nSPS) is 20.1. The molecule has 2 fully saturated rings. The van der Waals surface area contributed by atoms with Crippen molar-refractivity contribution in [1.29, 1.82) is 0 Å². The molecule has 1 N–H and O–H groups in total. The van der Waals surface area contributed by atoms with Gasteiger partial charge in [-0.25, -0.2) is 0 Å². The first-order valence-electron chi connectivity index (χ1n) is 14.3. The van der Waals surface area contributed by atoms with E-state index < -0.39 is 0 Å². The van der Waals surface area contributed by atoms with Gasteiger partial charge in [-0.15, -0.1) is 0 Å². The molecule has 2 saturated heterocycles. The molecule has 2 unspecified atom stereocenters. The molecule has 39 heavy (non-hydrogen) atoms. The average Bonchev–Trinajstić information content (AvgIpc) is 2.96. The number of rotatable bonds is 11. The highest BCUT2D eigenvalue weighted by molar-refractivity contribution is 6.42. The lowest BCUT2D eigenvalue weighted by molar-refractivity contribution is -0.137. The molecule has 0 aliphatic carbocycles. The van der Waals surface area contributed by atoms with E-state index in [0.29, 0.717) is 29.2 Å². The van der Waals surface area contributed by atoms with E-state index in [1.165, 1.54) is 6.42 Å². The highest BCUT2D eigenvalue weighted by Crippen LogP contribution is 2.30. The molecular weight excluding hydrogens is 531 g/mol. The van der Waals surface area contributed by atoms with E-state index in [1.807, 2.05) is 62.6 Å². The number of Topliss-reactive ketones (excluding diaryl/α,β-unsaturated/α-hetero) is 1. The summed E-state index contributed by atoms with van der Waals surface area (Å²) in [6.07, 6.45) is 6.45. The summed E-state index contributed by atoms with van der Waals surface area (Å²) in [7, 11) is 3.74. The summed E-state index contributed by atoms with van der Waals surface area (Å²) in [5.41, 5.74) is 1.86. The number of likely N-dealkylation sites (N-methyl/N-ethyl adjacent to an activating group) is 1. The Kier molecular flexibility index (Phi) is 11.2. The molecule has 0 aromatic heterocycles. The number of piperidine rings is 2. The summed E-state index contributed by atoms with van der Waals surface area (Å²) in [6, 6.07) is 15.8. The Labute approximate surface area is 243 Å². The van der Waals surface area contributed by atoms with Crippen molar-refractivity contribution in [1.82, 2.24) is 20.0 Å². The van der Waals surface area contributed by atoms with Gasteiger partial charge in [0, 0.05) is 32.2 Å². The Morgan fingerprint density at radius 2 is 1.72 bits per heavy atom. The van der Waals surface area contributed by atoms with Crippen LogP contribution in [0.2, 0.25) is 10.0 Å². The third-order valence-electron chi connectivity index (χ3n) is 8.28. The summed E-state index contributed by atoms with van der Waals surface area (Å²) in [6.45, 7) is 5.08. The van der Waals surface area contributed by atoms with Crippen LogP contribution in [0, 0.1) is 0 Å². The molecule has 4 rings (SSSR count). The summed E-state index contributed by atoms with van der Waals surface area (Å²) < 4.78 is 0. The number of likely N-dealkylation sites (tertiary alicyclic amines) is 2. The van der Waals surface area contributed by atoms with E-state index in [-0.39, 0.29) is 23.7 Å². The molecule has 0 spiro atoms. The van der Waals surface area contributed by atoms with Gasteiger partial charge in [0.2, 0.25) is 5.91 Å². The van der Waals surface area contributed by atoms with Gasteiger partial charge in [0.15, 0.2) is 5.78 Å². The predicted molar refractivity (Wildman–Crippen MR) is 160 cm³/mol. The highest BCUT2D eigenvalue weighted by Gasteiger charge is 2.35. The molecule has 2 aromatic rings. The summed E-state index contributed by atoms with van der Waals surface area (Å²) >= 11 is 12.6. The molecule has 2 aliphatic rings.